The van der Waals surface area contributed by atoms with Crippen LogP contribution in [-0.2, 0) is 4.74 Å². The molecular weight excluding hydrogens is 450 g/mol. The van der Waals surface area contributed by atoms with E-state index in [-0.39, 0.29) is 17.3 Å². The SMILES string of the molecule is COc1ccc(-c2[nH]nc3c2[C@@H](c2ccccc2OC(=O)N2CCOCC2)C(C#N)=C(N)O3)cc1. The highest BCUT2D eigenvalue weighted by atomic mass is 16.6. The van der Waals surface area contributed by atoms with Crippen molar-refractivity contribution in [3.63, 3.8) is 0 Å². The van der Waals surface area contributed by atoms with Gasteiger partial charge in [0.1, 0.15) is 23.1 Å². The standard InChI is InChI=1S/C25H23N5O5/c1-32-16-8-6-15(7-9-16)22-21-20(18(14-26)23(27)35-24(21)29-28-22)17-4-2-3-5-19(17)34-25(31)30-10-12-33-13-11-30/h2-9,20H,10-13,27H2,1H3,(H,28,29)/t20-/m0/s1. The number of rotatable bonds is 4. The number of hydrogen-bond donors (Lipinski definition) is 2. The van der Waals surface area contributed by atoms with E-state index in [1.807, 2.05) is 30.3 Å². The van der Waals surface area contributed by atoms with Crippen molar-refractivity contribution in [2.24, 2.45) is 5.73 Å². The fourth-order valence-corrected chi connectivity index (χ4v) is 4.25. The molecule has 10 nitrogen and oxygen atoms in total. The summed E-state index contributed by atoms with van der Waals surface area (Å²) < 4.78 is 22.1. The first kappa shape index (κ1) is 22.3. The number of H-pyrrole nitrogens is 1. The maximum atomic E-state index is 12.9. The molecular formula is C25H23N5O5. The first-order valence-electron chi connectivity index (χ1n) is 11.0. The van der Waals surface area contributed by atoms with Gasteiger partial charge in [0, 0.05) is 24.2 Å². The number of nitrogens with one attached hydrogen (secondary N) is 1. The number of aromatic nitrogens is 2. The molecule has 0 saturated carbocycles. The van der Waals surface area contributed by atoms with Crippen molar-refractivity contribution in [3.8, 4) is 34.7 Å². The van der Waals surface area contributed by atoms with E-state index in [2.05, 4.69) is 16.3 Å². The summed E-state index contributed by atoms with van der Waals surface area (Å²) in [5, 5.41) is 17.3. The van der Waals surface area contributed by atoms with Crippen LogP contribution in [-0.4, -0.2) is 54.6 Å². The minimum Gasteiger partial charge on any atom is -0.497 e. The Labute approximate surface area is 201 Å². The summed E-state index contributed by atoms with van der Waals surface area (Å²) in [6.07, 6.45) is -0.480. The van der Waals surface area contributed by atoms with Crippen LogP contribution >= 0.6 is 0 Å². The van der Waals surface area contributed by atoms with E-state index in [0.717, 1.165) is 5.56 Å². The second kappa shape index (κ2) is 9.40. The Kier molecular flexibility index (Phi) is 5.99. The van der Waals surface area contributed by atoms with Crippen molar-refractivity contribution in [2.45, 2.75) is 5.92 Å². The minimum atomic E-state index is -0.673. The largest absolute Gasteiger partial charge is 0.497 e. The Hall–Kier alpha value is -4.49. The molecule has 3 N–H and O–H groups in total. The van der Waals surface area contributed by atoms with Crippen LogP contribution in [0.15, 0.2) is 60.0 Å². The number of nitrogens with zero attached hydrogens (tertiary/aromatic N) is 3. The van der Waals surface area contributed by atoms with Crippen LogP contribution in [0.4, 0.5) is 4.79 Å². The summed E-state index contributed by atoms with van der Waals surface area (Å²) in [4.78, 5) is 14.4. The minimum absolute atomic E-state index is 0.0490. The zero-order chi connectivity index (χ0) is 24.4. The Morgan fingerprint density at radius 2 is 1.94 bits per heavy atom. The van der Waals surface area contributed by atoms with Gasteiger partial charge in [0.2, 0.25) is 11.8 Å². The van der Waals surface area contributed by atoms with Gasteiger partial charge in [-0.25, -0.2) is 4.79 Å². The normalized spacial score (nSPS) is 17.3. The van der Waals surface area contributed by atoms with E-state index in [1.54, 1.807) is 30.2 Å². The van der Waals surface area contributed by atoms with Crippen molar-refractivity contribution >= 4 is 6.09 Å². The molecule has 1 saturated heterocycles. The Bertz CT molecular complexity index is 1320. The van der Waals surface area contributed by atoms with E-state index in [1.165, 1.54) is 0 Å². The van der Waals surface area contributed by atoms with Crippen LogP contribution in [0.25, 0.3) is 11.3 Å². The fourth-order valence-electron chi connectivity index (χ4n) is 4.25. The molecule has 0 radical (unpaired) electrons. The molecule has 0 spiro atoms. The van der Waals surface area contributed by atoms with Gasteiger partial charge in [-0.15, -0.1) is 5.10 Å². The summed E-state index contributed by atoms with van der Waals surface area (Å²) in [6.45, 7) is 1.81. The number of methoxy groups -OCH3 is 1. The van der Waals surface area contributed by atoms with Crippen molar-refractivity contribution in [3.05, 3.63) is 71.1 Å². The van der Waals surface area contributed by atoms with Gasteiger partial charge in [-0.1, -0.05) is 18.2 Å². The number of nitrogens with two attached hydrogens (primary N) is 1. The van der Waals surface area contributed by atoms with E-state index < -0.39 is 12.0 Å². The summed E-state index contributed by atoms with van der Waals surface area (Å²) in [5.41, 5.74) is 9.00. The van der Waals surface area contributed by atoms with Crippen molar-refractivity contribution in [2.75, 3.05) is 33.4 Å². The van der Waals surface area contributed by atoms with Gasteiger partial charge in [-0.2, -0.15) is 5.26 Å². The maximum Gasteiger partial charge on any atom is 0.415 e. The average Bonchev–Trinajstić information content (AvgIpc) is 3.32. The van der Waals surface area contributed by atoms with Crippen LogP contribution in [0.1, 0.15) is 17.0 Å². The summed E-state index contributed by atoms with van der Waals surface area (Å²) in [7, 11) is 1.60. The van der Waals surface area contributed by atoms with Crippen LogP contribution < -0.4 is 19.9 Å². The highest BCUT2D eigenvalue weighted by Gasteiger charge is 2.37. The molecule has 2 aliphatic rings. The molecule has 3 aromatic rings. The Morgan fingerprint density at radius 3 is 2.66 bits per heavy atom. The quantitative estimate of drug-likeness (QED) is 0.590. The molecule has 5 rings (SSSR count). The molecule has 35 heavy (non-hydrogen) atoms. The number of fused-ring (bicyclic) bond motifs is 1. The van der Waals surface area contributed by atoms with Crippen LogP contribution in [0.5, 0.6) is 17.4 Å². The summed E-state index contributed by atoms with van der Waals surface area (Å²) in [5.74, 6) is 0.563. The molecule has 1 aromatic heterocycles. The van der Waals surface area contributed by atoms with Crippen molar-refractivity contribution < 1.29 is 23.7 Å². The molecule has 3 heterocycles. The maximum absolute atomic E-state index is 12.9. The number of para-hydroxylation sites is 1. The number of hydrogen-bond acceptors (Lipinski definition) is 8. The van der Waals surface area contributed by atoms with Gasteiger partial charge in [0.05, 0.1) is 37.5 Å². The molecule has 1 fully saturated rings. The lowest BCUT2D eigenvalue weighted by molar-refractivity contribution is 0.0415. The van der Waals surface area contributed by atoms with Crippen LogP contribution in [0.2, 0.25) is 0 Å². The van der Waals surface area contributed by atoms with Crippen molar-refractivity contribution in [1.82, 2.24) is 15.1 Å². The third-order valence-corrected chi connectivity index (χ3v) is 6.01. The van der Waals surface area contributed by atoms with E-state index >= 15 is 0 Å². The first-order chi connectivity index (χ1) is 17.1. The molecule has 178 valence electrons. The zero-order valence-corrected chi connectivity index (χ0v) is 19.0. The van der Waals surface area contributed by atoms with Crippen LogP contribution in [0, 0.1) is 11.3 Å². The zero-order valence-electron chi connectivity index (χ0n) is 19.0. The van der Waals surface area contributed by atoms with Gasteiger partial charge in [0.25, 0.3) is 0 Å². The number of ether oxygens (including phenoxy) is 4. The molecule has 10 heteroatoms. The predicted octanol–water partition coefficient (Wildman–Crippen LogP) is 3.13. The highest BCUT2D eigenvalue weighted by molar-refractivity contribution is 5.74. The molecule has 0 unspecified atom stereocenters. The second-order valence-electron chi connectivity index (χ2n) is 7.98. The Balaban J connectivity index is 1.59. The lowest BCUT2D eigenvalue weighted by Crippen LogP contribution is -2.42. The van der Waals surface area contributed by atoms with Gasteiger partial charge in [-0.3, -0.25) is 5.10 Å². The van der Waals surface area contributed by atoms with E-state index in [9.17, 15) is 10.1 Å². The predicted molar refractivity (Wildman–Crippen MR) is 125 cm³/mol. The summed E-state index contributed by atoms with van der Waals surface area (Å²) >= 11 is 0. The third-order valence-electron chi connectivity index (χ3n) is 6.01. The van der Waals surface area contributed by atoms with Gasteiger partial charge in [0.15, 0.2) is 0 Å². The number of allylic oxidation sites excluding steroid dienone is 1. The molecule has 0 bridgehead atoms. The van der Waals surface area contributed by atoms with Gasteiger partial charge in [-0.05, 0) is 30.3 Å². The molecule has 0 aliphatic carbocycles. The summed E-state index contributed by atoms with van der Waals surface area (Å²) in [6, 6.07) is 16.7. The van der Waals surface area contributed by atoms with Crippen molar-refractivity contribution in [1.29, 1.82) is 5.26 Å². The van der Waals surface area contributed by atoms with Crippen LogP contribution in [0.3, 0.4) is 0 Å². The number of carbonyl (C=O) groups excluding carboxylic acids is 1. The first-order valence-corrected chi connectivity index (χ1v) is 11.0. The Morgan fingerprint density at radius 1 is 1.20 bits per heavy atom. The molecule has 2 aliphatic heterocycles. The molecule has 1 amide bonds. The lowest BCUT2D eigenvalue weighted by Gasteiger charge is -2.28. The average molecular weight is 473 g/mol. The number of amides is 1. The highest BCUT2D eigenvalue weighted by Crippen LogP contribution is 2.48. The number of aromatic amines is 1. The topological polar surface area (TPSA) is 136 Å². The number of morpholine rings is 1. The molecule has 1 atom stereocenters. The smallest absolute Gasteiger partial charge is 0.415 e. The number of nitriles is 1. The van der Waals surface area contributed by atoms with Gasteiger partial charge < -0.3 is 29.6 Å². The molecule has 2 aromatic carbocycles. The lowest BCUT2D eigenvalue weighted by atomic mass is 9.82. The van der Waals surface area contributed by atoms with E-state index in [4.69, 9.17) is 24.7 Å². The van der Waals surface area contributed by atoms with E-state index in [0.29, 0.717) is 54.6 Å². The second-order valence-corrected chi connectivity index (χ2v) is 7.98. The monoisotopic (exact) mass is 473 g/mol. The fraction of sp³-hybridized carbons (Fsp3) is 0.240. The number of carbonyl (C=O) groups is 1. The third kappa shape index (κ3) is 4.13. The van der Waals surface area contributed by atoms with Gasteiger partial charge >= 0.3 is 6.09 Å². The number of benzene rings is 2.